The van der Waals surface area contributed by atoms with Crippen LogP contribution < -0.4 is 0 Å². The molecule has 118 valence electrons. The first-order chi connectivity index (χ1) is 11.1. The monoisotopic (exact) mass is 309 g/mol. The zero-order valence-corrected chi connectivity index (χ0v) is 13.1. The van der Waals surface area contributed by atoms with Crippen LogP contribution in [-0.4, -0.2) is 52.8 Å². The number of carbonyl (C=O) groups is 2. The van der Waals surface area contributed by atoms with Gasteiger partial charge in [-0.25, -0.2) is 0 Å². The van der Waals surface area contributed by atoms with Gasteiger partial charge < -0.3 is 9.80 Å². The molecule has 0 unspecified atom stereocenters. The van der Waals surface area contributed by atoms with Crippen molar-refractivity contribution < 1.29 is 9.59 Å². The average Bonchev–Trinajstić information content (AvgIpc) is 2.62. The van der Waals surface area contributed by atoms with Crippen molar-refractivity contribution in [2.75, 3.05) is 26.2 Å². The van der Waals surface area contributed by atoms with Gasteiger partial charge in [0.1, 0.15) is 0 Å². The van der Waals surface area contributed by atoms with E-state index in [9.17, 15) is 9.59 Å². The third-order valence-electron chi connectivity index (χ3n) is 4.06. The molecule has 2 heterocycles. The molecule has 1 aromatic carbocycles. The summed E-state index contributed by atoms with van der Waals surface area (Å²) < 4.78 is 0. The van der Waals surface area contributed by atoms with E-state index in [4.69, 9.17) is 0 Å². The number of carbonyl (C=O) groups excluding carboxylic acids is 2. The number of rotatable bonds is 2. The fraction of sp³-hybridized carbons (Fsp3) is 0.278. The molecule has 0 bridgehead atoms. The van der Waals surface area contributed by atoms with Crippen molar-refractivity contribution in [1.82, 2.24) is 14.8 Å². The third-order valence-corrected chi connectivity index (χ3v) is 4.06. The predicted octanol–water partition coefficient (Wildman–Crippen LogP) is 1.99. The van der Waals surface area contributed by atoms with E-state index in [1.165, 1.54) is 0 Å². The fourth-order valence-corrected chi connectivity index (χ4v) is 2.66. The van der Waals surface area contributed by atoms with Crippen LogP contribution in [0.15, 0.2) is 48.8 Å². The molecule has 0 saturated carbocycles. The van der Waals surface area contributed by atoms with Crippen LogP contribution in [0.4, 0.5) is 0 Å². The molecule has 1 fully saturated rings. The minimum atomic E-state index is -0.0273. The Morgan fingerprint density at radius 2 is 1.43 bits per heavy atom. The lowest BCUT2D eigenvalue weighted by Crippen LogP contribution is -2.50. The maximum atomic E-state index is 12.5. The molecule has 2 amide bonds. The summed E-state index contributed by atoms with van der Waals surface area (Å²) in [7, 11) is 0. The normalized spacial score (nSPS) is 14.7. The number of benzene rings is 1. The van der Waals surface area contributed by atoms with Crippen molar-refractivity contribution in [2.45, 2.75) is 6.92 Å². The zero-order valence-electron chi connectivity index (χ0n) is 13.1. The van der Waals surface area contributed by atoms with Crippen LogP contribution >= 0.6 is 0 Å². The molecule has 0 spiro atoms. The molecule has 0 aliphatic carbocycles. The first-order valence-corrected chi connectivity index (χ1v) is 7.70. The SMILES string of the molecule is Cc1ccc(C(=O)N2CCN(C(=O)c3cccnc3)CC2)cc1. The summed E-state index contributed by atoms with van der Waals surface area (Å²) in [5.74, 6) is -0.000915. The van der Waals surface area contributed by atoms with Crippen LogP contribution in [0.5, 0.6) is 0 Å². The van der Waals surface area contributed by atoms with Crippen LogP contribution in [0.25, 0.3) is 0 Å². The van der Waals surface area contributed by atoms with Crippen molar-refractivity contribution in [1.29, 1.82) is 0 Å². The second-order valence-corrected chi connectivity index (χ2v) is 5.69. The number of hydrogen-bond donors (Lipinski definition) is 0. The van der Waals surface area contributed by atoms with E-state index in [1.807, 2.05) is 31.2 Å². The number of aryl methyl sites for hydroxylation is 1. The maximum Gasteiger partial charge on any atom is 0.255 e. The van der Waals surface area contributed by atoms with Gasteiger partial charge in [0, 0.05) is 44.1 Å². The Bertz CT molecular complexity index is 690. The van der Waals surface area contributed by atoms with E-state index in [0.717, 1.165) is 5.56 Å². The van der Waals surface area contributed by atoms with Gasteiger partial charge >= 0.3 is 0 Å². The minimum Gasteiger partial charge on any atom is -0.335 e. The number of aromatic nitrogens is 1. The van der Waals surface area contributed by atoms with Crippen molar-refractivity contribution in [3.05, 3.63) is 65.5 Å². The average molecular weight is 309 g/mol. The number of pyridine rings is 1. The van der Waals surface area contributed by atoms with E-state index in [-0.39, 0.29) is 11.8 Å². The molecule has 5 heteroatoms. The molecule has 1 aliphatic heterocycles. The molecule has 0 radical (unpaired) electrons. The van der Waals surface area contributed by atoms with E-state index < -0.39 is 0 Å². The summed E-state index contributed by atoms with van der Waals surface area (Å²) in [5.41, 5.74) is 2.42. The van der Waals surface area contributed by atoms with Gasteiger partial charge in [0.15, 0.2) is 0 Å². The quantitative estimate of drug-likeness (QED) is 0.852. The van der Waals surface area contributed by atoms with Crippen LogP contribution in [0.3, 0.4) is 0 Å². The lowest BCUT2D eigenvalue weighted by atomic mass is 10.1. The number of hydrogen-bond acceptors (Lipinski definition) is 3. The van der Waals surface area contributed by atoms with Gasteiger partial charge in [-0.1, -0.05) is 17.7 Å². The Kier molecular flexibility index (Phi) is 4.37. The summed E-state index contributed by atoms with van der Waals surface area (Å²) >= 11 is 0. The highest BCUT2D eigenvalue weighted by Crippen LogP contribution is 2.12. The molecular formula is C18H19N3O2. The van der Waals surface area contributed by atoms with Crippen molar-refractivity contribution in [3.63, 3.8) is 0 Å². The second-order valence-electron chi connectivity index (χ2n) is 5.69. The van der Waals surface area contributed by atoms with Crippen molar-refractivity contribution >= 4 is 11.8 Å². The summed E-state index contributed by atoms with van der Waals surface area (Å²) in [6.07, 6.45) is 3.22. The first-order valence-electron chi connectivity index (χ1n) is 7.70. The lowest BCUT2D eigenvalue weighted by Gasteiger charge is -2.34. The van der Waals surface area contributed by atoms with Crippen molar-refractivity contribution in [3.8, 4) is 0 Å². The third kappa shape index (κ3) is 3.39. The van der Waals surface area contributed by atoms with Gasteiger partial charge in [-0.15, -0.1) is 0 Å². The van der Waals surface area contributed by atoms with Crippen LogP contribution in [0.2, 0.25) is 0 Å². The summed E-state index contributed by atoms with van der Waals surface area (Å²) in [6.45, 7) is 4.20. The van der Waals surface area contributed by atoms with Crippen LogP contribution in [0, 0.1) is 6.92 Å². The Morgan fingerprint density at radius 3 is 1.96 bits per heavy atom. The zero-order chi connectivity index (χ0) is 16.2. The highest BCUT2D eigenvalue weighted by molar-refractivity contribution is 5.95. The molecule has 5 nitrogen and oxygen atoms in total. The number of piperazine rings is 1. The molecule has 2 aromatic rings. The highest BCUT2D eigenvalue weighted by Gasteiger charge is 2.25. The van der Waals surface area contributed by atoms with Gasteiger partial charge in [0.25, 0.3) is 11.8 Å². The Morgan fingerprint density at radius 1 is 0.870 bits per heavy atom. The van der Waals surface area contributed by atoms with Gasteiger partial charge in [0.2, 0.25) is 0 Å². The minimum absolute atomic E-state index is 0.0264. The molecule has 23 heavy (non-hydrogen) atoms. The van der Waals surface area contributed by atoms with E-state index in [0.29, 0.717) is 37.3 Å². The second kappa shape index (κ2) is 6.60. The standard InChI is InChI=1S/C18H19N3O2/c1-14-4-6-15(7-5-14)17(22)20-9-11-21(12-10-20)18(23)16-3-2-8-19-13-16/h2-8,13H,9-12H2,1H3. The smallest absolute Gasteiger partial charge is 0.255 e. The summed E-state index contributed by atoms with van der Waals surface area (Å²) in [6, 6.07) is 11.1. The van der Waals surface area contributed by atoms with Gasteiger partial charge in [0.05, 0.1) is 5.56 Å². The molecule has 1 aromatic heterocycles. The summed E-state index contributed by atoms with van der Waals surface area (Å²) in [5, 5.41) is 0. The molecule has 3 rings (SSSR count). The maximum absolute atomic E-state index is 12.5. The first kappa shape index (κ1) is 15.2. The van der Waals surface area contributed by atoms with Gasteiger partial charge in [-0.05, 0) is 31.2 Å². The molecule has 1 saturated heterocycles. The largest absolute Gasteiger partial charge is 0.335 e. The lowest BCUT2D eigenvalue weighted by molar-refractivity contribution is 0.0535. The molecule has 1 aliphatic rings. The Balaban J connectivity index is 1.61. The van der Waals surface area contributed by atoms with Crippen molar-refractivity contribution in [2.24, 2.45) is 0 Å². The van der Waals surface area contributed by atoms with E-state index in [2.05, 4.69) is 4.98 Å². The number of amides is 2. The molecular weight excluding hydrogens is 290 g/mol. The predicted molar refractivity (Wildman–Crippen MR) is 87.2 cm³/mol. The van der Waals surface area contributed by atoms with Gasteiger partial charge in [-0.3, -0.25) is 14.6 Å². The van der Waals surface area contributed by atoms with Crippen LogP contribution in [0.1, 0.15) is 26.3 Å². The van der Waals surface area contributed by atoms with E-state index in [1.54, 1.807) is 34.3 Å². The molecule has 0 N–H and O–H groups in total. The fourth-order valence-electron chi connectivity index (χ4n) is 2.66. The topological polar surface area (TPSA) is 53.5 Å². The highest BCUT2D eigenvalue weighted by atomic mass is 16.2. The van der Waals surface area contributed by atoms with Gasteiger partial charge in [-0.2, -0.15) is 0 Å². The van der Waals surface area contributed by atoms with Crippen LogP contribution in [-0.2, 0) is 0 Å². The van der Waals surface area contributed by atoms with E-state index >= 15 is 0 Å². The Labute approximate surface area is 135 Å². The molecule has 0 atom stereocenters. The summed E-state index contributed by atoms with van der Waals surface area (Å²) in [4.78, 5) is 32.4. The number of nitrogens with zero attached hydrogens (tertiary/aromatic N) is 3. The Hall–Kier alpha value is -2.69.